The number of carbonyl (C=O) groups excluding carboxylic acids is 1. The highest BCUT2D eigenvalue weighted by Crippen LogP contribution is 2.38. The van der Waals surface area contributed by atoms with Gasteiger partial charge in [0.05, 0.1) is 39.9 Å². The second-order valence-electron chi connectivity index (χ2n) is 24.8. The van der Waals surface area contributed by atoms with E-state index < -0.39 is 26.6 Å². The Balaban J connectivity index is 4.13. The lowest BCUT2D eigenvalue weighted by Crippen LogP contribution is -2.45. The molecule has 0 bridgehead atoms. The summed E-state index contributed by atoms with van der Waals surface area (Å²) >= 11 is 0. The van der Waals surface area contributed by atoms with Gasteiger partial charge in [0, 0.05) is 6.42 Å². The van der Waals surface area contributed by atoms with E-state index >= 15 is 0 Å². The van der Waals surface area contributed by atoms with Crippen molar-refractivity contribution in [2.75, 3.05) is 40.9 Å². The Morgan fingerprint density at radius 2 is 0.738 bits per heavy atom. The summed E-state index contributed by atoms with van der Waals surface area (Å²) in [5, 5.41) is 13.9. The van der Waals surface area contributed by atoms with E-state index in [2.05, 4.69) is 116 Å². The Kier molecular flexibility index (Phi) is 62.4. The monoisotopic (exact) mass is 1190 g/mol. The van der Waals surface area contributed by atoms with Crippen LogP contribution in [0.15, 0.2) is 109 Å². The molecule has 9 heteroatoms. The van der Waals surface area contributed by atoms with Gasteiger partial charge in [-0.05, 0) is 96.3 Å². The summed E-state index contributed by atoms with van der Waals surface area (Å²) in [6.45, 7) is 4.53. The molecule has 0 fully saturated rings. The van der Waals surface area contributed by atoms with Crippen molar-refractivity contribution in [1.29, 1.82) is 0 Å². The van der Waals surface area contributed by atoms with E-state index in [1.807, 2.05) is 27.2 Å². The fourth-order valence-corrected chi connectivity index (χ4v) is 10.7. The van der Waals surface area contributed by atoms with Gasteiger partial charge in [-0.2, -0.15) is 0 Å². The number of unbranched alkanes of at least 4 members (excludes halogenated alkanes) is 35. The van der Waals surface area contributed by atoms with E-state index in [9.17, 15) is 19.4 Å². The molecule has 0 saturated heterocycles. The van der Waals surface area contributed by atoms with E-state index in [4.69, 9.17) is 9.05 Å². The van der Waals surface area contributed by atoms with Crippen molar-refractivity contribution in [3.63, 3.8) is 0 Å². The van der Waals surface area contributed by atoms with Crippen LogP contribution in [0.1, 0.15) is 309 Å². The predicted molar refractivity (Wildman–Crippen MR) is 366 cm³/mol. The maximum absolute atomic E-state index is 13.0. The van der Waals surface area contributed by atoms with Gasteiger partial charge in [0.15, 0.2) is 0 Å². The SMILES string of the molecule is CC/C=C\C/C=C\C/C=C\C/C=C\C/C=C\C/C=C\CCCCCCCCCCCCCCCCCCC(=O)NC(COP(=O)([O-])OCC[N+](C)(C)C)C(O)/C=C/CC/C=C/CC/C=C/CCCCCCCCCCCCCCCCCCC. The average molecular weight is 1190 g/mol. The van der Waals surface area contributed by atoms with E-state index in [-0.39, 0.29) is 12.5 Å². The summed E-state index contributed by atoms with van der Waals surface area (Å²) in [6.07, 6.45) is 95.0. The van der Waals surface area contributed by atoms with E-state index in [0.717, 1.165) is 83.5 Å². The molecule has 2 N–H and O–H groups in total. The Morgan fingerprint density at radius 3 is 1.11 bits per heavy atom. The van der Waals surface area contributed by atoms with Gasteiger partial charge in [0.25, 0.3) is 7.82 Å². The molecule has 0 aromatic carbocycles. The molecule has 0 rings (SSSR count). The molecule has 0 aromatic heterocycles. The maximum atomic E-state index is 13.0. The number of nitrogens with zero attached hydrogens (tertiary/aromatic N) is 1. The normalized spacial score (nSPS) is 14.3. The minimum Gasteiger partial charge on any atom is -0.756 e. The summed E-state index contributed by atoms with van der Waals surface area (Å²) in [5.74, 6) is -0.211. The lowest BCUT2D eigenvalue weighted by Gasteiger charge is -2.29. The van der Waals surface area contributed by atoms with Crippen molar-refractivity contribution in [3.8, 4) is 0 Å². The molecule has 0 saturated carbocycles. The average Bonchev–Trinajstić information content (AvgIpc) is 3.56. The zero-order chi connectivity index (χ0) is 61.2. The standard InChI is InChI=1S/C75H135N2O6P/c1-6-8-10-12-14-16-18-20-22-24-26-28-30-32-34-35-36-37-38-39-40-41-43-45-47-49-51-53-55-57-59-61-63-65-67-69-75(79)76-73(72-83-84(80,81)82-71-70-77(3,4)5)74(78)68-66-64-62-60-58-56-54-52-50-48-46-44-42-33-31-29-27-25-23-21-19-17-15-13-11-9-7-2/h8,10,14,16,20,22,26,28,32,34,36-37,50,52,58,60,66,68,73-74,78H,6-7,9,11-13,15,17-19,21,23-25,27,29-31,33,35,38-49,51,53-57,59,61-65,67,69-72H2,1-5H3,(H-,76,79,80,81)/b10-8-,16-14-,22-20-,28-26-,34-32-,37-36-,52-50+,60-58+,68-66+. The summed E-state index contributed by atoms with van der Waals surface area (Å²) in [5.41, 5.74) is 0. The molecule has 0 aliphatic rings. The van der Waals surface area contributed by atoms with Gasteiger partial charge in [-0.1, -0.05) is 316 Å². The number of hydrogen-bond donors (Lipinski definition) is 2. The van der Waals surface area contributed by atoms with E-state index in [1.165, 1.54) is 205 Å². The smallest absolute Gasteiger partial charge is 0.268 e. The molecule has 8 nitrogen and oxygen atoms in total. The number of nitrogens with one attached hydrogen (secondary N) is 1. The minimum absolute atomic E-state index is 0.0123. The number of aliphatic hydroxyl groups excluding tert-OH is 1. The van der Waals surface area contributed by atoms with Crippen LogP contribution in [-0.4, -0.2) is 68.5 Å². The van der Waals surface area contributed by atoms with Crippen molar-refractivity contribution in [1.82, 2.24) is 5.32 Å². The Bertz CT molecular complexity index is 1740. The number of phosphoric acid groups is 1. The largest absolute Gasteiger partial charge is 0.756 e. The first-order valence-corrected chi connectivity index (χ1v) is 36.7. The van der Waals surface area contributed by atoms with Crippen molar-refractivity contribution < 1.29 is 32.9 Å². The highest BCUT2D eigenvalue weighted by Gasteiger charge is 2.23. The predicted octanol–water partition coefficient (Wildman–Crippen LogP) is 22.0. The lowest BCUT2D eigenvalue weighted by atomic mass is 10.0. The van der Waals surface area contributed by atoms with Gasteiger partial charge >= 0.3 is 0 Å². The first-order chi connectivity index (χ1) is 41.0. The molecule has 84 heavy (non-hydrogen) atoms. The molecule has 0 aromatic rings. The van der Waals surface area contributed by atoms with Crippen LogP contribution >= 0.6 is 7.82 Å². The molecular weight excluding hydrogens is 1060 g/mol. The summed E-state index contributed by atoms with van der Waals surface area (Å²) in [7, 11) is 1.23. The number of amides is 1. The highest BCUT2D eigenvalue weighted by molar-refractivity contribution is 7.45. The van der Waals surface area contributed by atoms with Crippen molar-refractivity contribution in [3.05, 3.63) is 109 Å². The highest BCUT2D eigenvalue weighted by atomic mass is 31.2. The number of likely N-dealkylation sites (N-methyl/N-ethyl adjacent to an activating group) is 1. The van der Waals surface area contributed by atoms with Gasteiger partial charge in [0.1, 0.15) is 13.2 Å². The van der Waals surface area contributed by atoms with Crippen LogP contribution in [-0.2, 0) is 18.4 Å². The molecule has 0 radical (unpaired) electrons. The fourth-order valence-electron chi connectivity index (χ4n) is 10.0. The molecule has 3 atom stereocenters. The summed E-state index contributed by atoms with van der Waals surface area (Å²) < 4.78 is 23.4. The number of quaternary nitrogens is 1. The van der Waals surface area contributed by atoms with E-state index in [1.54, 1.807) is 6.08 Å². The minimum atomic E-state index is -4.62. The molecule has 1 amide bonds. The second kappa shape index (κ2) is 64.6. The van der Waals surface area contributed by atoms with Crippen LogP contribution in [0.2, 0.25) is 0 Å². The number of phosphoric ester groups is 1. The maximum Gasteiger partial charge on any atom is 0.268 e. The molecule has 3 unspecified atom stereocenters. The molecule has 486 valence electrons. The number of allylic oxidation sites excluding steroid dienone is 17. The fraction of sp³-hybridized carbons (Fsp3) is 0.747. The second-order valence-corrected chi connectivity index (χ2v) is 26.2. The first-order valence-electron chi connectivity index (χ1n) is 35.2. The molecule has 0 heterocycles. The van der Waals surface area contributed by atoms with Crippen LogP contribution in [0.3, 0.4) is 0 Å². The zero-order valence-electron chi connectivity index (χ0n) is 55.6. The summed E-state index contributed by atoms with van der Waals surface area (Å²) in [4.78, 5) is 25.6. The third kappa shape index (κ3) is 66.7. The van der Waals surface area contributed by atoms with Crippen molar-refractivity contribution in [2.24, 2.45) is 0 Å². The van der Waals surface area contributed by atoms with Gasteiger partial charge in [-0.15, -0.1) is 0 Å². The van der Waals surface area contributed by atoms with Crippen LogP contribution in [0, 0.1) is 0 Å². The molecular formula is C75H135N2O6P. The Hall–Kier alpha value is -2.84. The topological polar surface area (TPSA) is 108 Å². The lowest BCUT2D eigenvalue weighted by molar-refractivity contribution is -0.870. The zero-order valence-corrected chi connectivity index (χ0v) is 56.5. The molecule has 0 spiro atoms. The third-order valence-corrected chi connectivity index (χ3v) is 16.4. The van der Waals surface area contributed by atoms with Crippen LogP contribution in [0.4, 0.5) is 0 Å². The van der Waals surface area contributed by atoms with Crippen LogP contribution in [0.5, 0.6) is 0 Å². The quantitative estimate of drug-likeness (QED) is 0.0272. The van der Waals surface area contributed by atoms with Gasteiger partial charge in [0.2, 0.25) is 5.91 Å². The van der Waals surface area contributed by atoms with E-state index in [0.29, 0.717) is 17.4 Å². The Morgan fingerprint density at radius 1 is 0.429 bits per heavy atom. The van der Waals surface area contributed by atoms with Gasteiger partial charge in [-0.3, -0.25) is 9.36 Å². The van der Waals surface area contributed by atoms with Gasteiger partial charge in [-0.25, -0.2) is 0 Å². The number of hydrogen-bond acceptors (Lipinski definition) is 6. The van der Waals surface area contributed by atoms with Crippen molar-refractivity contribution >= 4 is 13.7 Å². The van der Waals surface area contributed by atoms with Gasteiger partial charge < -0.3 is 28.8 Å². The first kappa shape index (κ1) is 81.2. The summed E-state index contributed by atoms with van der Waals surface area (Å²) in [6, 6.07) is -0.917. The number of carbonyl (C=O) groups is 1. The number of aliphatic hydroxyl groups is 1. The Labute approximate surface area is 521 Å². The number of rotatable bonds is 64. The van der Waals surface area contributed by atoms with Crippen molar-refractivity contribution in [2.45, 2.75) is 321 Å². The molecule has 0 aliphatic carbocycles. The van der Waals surface area contributed by atoms with Crippen LogP contribution < -0.4 is 10.2 Å². The molecule has 0 aliphatic heterocycles. The van der Waals surface area contributed by atoms with Crippen LogP contribution in [0.25, 0.3) is 0 Å². The third-order valence-electron chi connectivity index (χ3n) is 15.4.